The van der Waals surface area contributed by atoms with Gasteiger partial charge in [0.1, 0.15) is 12.2 Å². The summed E-state index contributed by atoms with van der Waals surface area (Å²) in [5.41, 5.74) is -0.535. The van der Waals surface area contributed by atoms with Crippen LogP contribution in [0.1, 0.15) is 17.3 Å². The molecule has 3 aromatic rings. The molecule has 9 nitrogen and oxygen atoms in total. The Kier molecular flexibility index (Phi) is 6.47. The molecule has 1 aromatic carbocycles. The number of benzene rings is 1. The van der Waals surface area contributed by atoms with Crippen LogP contribution in [-0.2, 0) is 18.9 Å². The van der Waals surface area contributed by atoms with Crippen molar-refractivity contribution >= 4 is 51.7 Å². The first-order valence-corrected chi connectivity index (χ1v) is 10.00. The van der Waals surface area contributed by atoms with Crippen molar-refractivity contribution < 1.29 is 9.59 Å². The number of carbonyl (C=O) groups is 2. The minimum absolute atomic E-state index is 0.119. The van der Waals surface area contributed by atoms with E-state index < -0.39 is 23.1 Å². The van der Waals surface area contributed by atoms with E-state index in [9.17, 15) is 19.2 Å². The summed E-state index contributed by atoms with van der Waals surface area (Å²) in [4.78, 5) is 55.4. The van der Waals surface area contributed by atoms with Gasteiger partial charge in [-0.25, -0.2) is 9.78 Å². The highest BCUT2D eigenvalue weighted by molar-refractivity contribution is 6.39. The fourth-order valence-electron chi connectivity index (χ4n) is 3.06. The number of halogens is 2. The molecule has 0 saturated carbocycles. The van der Waals surface area contributed by atoms with Crippen LogP contribution in [0.2, 0.25) is 10.0 Å². The van der Waals surface area contributed by atoms with Crippen LogP contribution in [0.3, 0.4) is 0 Å². The van der Waals surface area contributed by atoms with Gasteiger partial charge in [-0.05, 0) is 25.1 Å². The Morgan fingerprint density at radius 2 is 1.77 bits per heavy atom. The van der Waals surface area contributed by atoms with Crippen molar-refractivity contribution in [3.8, 4) is 0 Å². The molecule has 162 valence electrons. The SMILES string of the molecule is CCN(CC(=O)Nc1c(Cl)cccc1Cl)C(=O)c1cnc2c(c1)c(=O)n(C)c(=O)n2C. The van der Waals surface area contributed by atoms with E-state index in [1.807, 2.05) is 0 Å². The number of anilines is 1. The Bertz CT molecular complexity index is 1300. The van der Waals surface area contributed by atoms with Gasteiger partial charge in [0.2, 0.25) is 5.91 Å². The minimum Gasteiger partial charge on any atom is -0.330 e. The van der Waals surface area contributed by atoms with Crippen LogP contribution in [0.25, 0.3) is 11.0 Å². The molecule has 0 saturated heterocycles. The van der Waals surface area contributed by atoms with E-state index in [4.69, 9.17) is 23.2 Å². The minimum atomic E-state index is -0.561. The molecule has 1 N–H and O–H groups in total. The normalized spacial score (nSPS) is 10.9. The second-order valence-electron chi connectivity index (χ2n) is 6.77. The molecule has 2 amide bonds. The smallest absolute Gasteiger partial charge is 0.330 e. The lowest BCUT2D eigenvalue weighted by atomic mass is 10.2. The number of para-hydroxylation sites is 1. The molecular formula is C20H19Cl2N5O4. The van der Waals surface area contributed by atoms with Crippen molar-refractivity contribution in [1.82, 2.24) is 19.0 Å². The second kappa shape index (κ2) is 8.91. The van der Waals surface area contributed by atoms with Crippen LogP contribution >= 0.6 is 23.2 Å². The zero-order valence-corrected chi connectivity index (χ0v) is 18.5. The molecular weight excluding hydrogens is 445 g/mol. The zero-order valence-electron chi connectivity index (χ0n) is 17.0. The van der Waals surface area contributed by atoms with E-state index in [2.05, 4.69) is 10.3 Å². The van der Waals surface area contributed by atoms with E-state index in [1.54, 1.807) is 25.1 Å². The summed E-state index contributed by atoms with van der Waals surface area (Å²) >= 11 is 12.1. The highest BCUT2D eigenvalue weighted by Gasteiger charge is 2.21. The summed E-state index contributed by atoms with van der Waals surface area (Å²) < 4.78 is 2.17. The Hall–Kier alpha value is -3.17. The number of nitrogens with one attached hydrogen (secondary N) is 1. The van der Waals surface area contributed by atoms with Crippen molar-refractivity contribution in [2.24, 2.45) is 14.1 Å². The number of likely N-dealkylation sites (N-methyl/N-ethyl adjacent to an activating group) is 1. The van der Waals surface area contributed by atoms with Gasteiger partial charge in [-0.1, -0.05) is 29.3 Å². The number of amides is 2. The maximum Gasteiger partial charge on any atom is 0.332 e. The molecule has 3 rings (SSSR count). The number of pyridine rings is 1. The molecule has 0 unspecified atom stereocenters. The Balaban J connectivity index is 1.88. The van der Waals surface area contributed by atoms with Crippen LogP contribution in [0.15, 0.2) is 40.1 Å². The third-order valence-electron chi connectivity index (χ3n) is 4.77. The summed E-state index contributed by atoms with van der Waals surface area (Å²) in [5, 5.41) is 3.28. The van der Waals surface area contributed by atoms with Crippen LogP contribution in [0.4, 0.5) is 5.69 Å². The van der Waals surface area contributed by atoms with Gasteiger partial charge in [-0.3, -0.25) is 23.5 Å². The molecule has 0 radical (unpaired) electrons. The third-order valence-corrected chi connectivity index (χ3v) is 5.40. The standard InChI is InChI=1S/C20H19Cl2N5O4/c1-4-27(10-15(28)24-16-13(21)6-5-7-14(16)22)18(29)11-8-12-17(23-9-11)25(2)20(31)26(3)19(12)30/h5-9H,4,10H2,1-3H3,(H,24,28). The van der Waals surface area contributed by atoms with E-state index in [1.165, 1.54) is 35.8 Å². The first-order valence-electron chi connectivity index (χ1n) is 9.24. The second-order valence-corrected chi connectivity index (χ2v) is 7.58. The van der Waals surface area contributed by atoms with Crippen molar-refractivity contribution in [1.29, 1.82) is 0 Å². The van der Waals surface area contributed by atoms with Gasteiger partial charge in [-0.15, -0.1) is 0 Å². The van der Waals surface area contributed by atoms with Gasteiger partial charge in [0.15, 0.2) is 0 Å². The van der Waals surface area contributed by atoms with Crippen molar-refractivity contribution in [3.63, 3.8) is 0 Å². The van der Waals surface area contributed by atoms with E-state index in [0.717, 1.165) is 4.57 Å². The lowest BCUT2D eigenvalue weighted by Crippen LogP contribution is -2.39. The molecule has 0 aliphatic heterocycles. The van der Waals surface area contributed by atoms with Crippen LogP contribution in [0.5, 0.6) is 0 Å². The summed E-state index contributed by atoms with van der Waals surface area (Å²) in [7, 11) is 2.84. The number of rotatable bonds is 5. The van der Waals surface area contributed by atoms with Gasteiger partial charge in [0, 0.05) is 26.8 Å². The fraction of sp³-hybridized carbons (Fsp3) is 0.250. The average molecular weight is 464 g/mol. The van der Waals surface area contributed by atoms with Crippen molar-refractivity contribution in [2.75, 3.05) is 18.4 Å². The zero-order chi connectivity index (χ0) is 22.9. The lowest BCUT2D eigenvalue weighted by Gasteiger charge is -2.21. The molecule has 2 heterocycles. The van der Waals surface area contributed by atoms with Crippen molar-refractivity contribution in [2.45, 2.75) is 6.92 Å². The number of hydrogen-bond acceptors (Lipinski definition) is 5. The first kappa shape index (κ1) is 22.5. The Morgan fingerprint density at radius 3 is 2.39 bits per heavy atom. The Morgan fingerprint density at radius 1 is 1.13 bits per heavy atom. The number of aryl methyl sites for hydroxylation is 1. The molecule has 31 heavy (non-hydrogen) atoms. The Labute approximate surface area is 186 Å². The van der Waals surface area contributed by atoms with Gasteiger partial charge in [0.25, 0.3) is 11.5 Å². The highest BCUT2D eigenvalue weighted by atomic mass is 35.5. The molecule has 0 spiro atoms. The maximum absolute atomic E-state index is 13.0. The maximum atomic E-state index is 13.0. The van der Waals surface area contributed by atoms with Gasteiger partial charge < -0.3 is 10.2 Å². The molecule has 0 bridgehead atoms. The van der Waals surface area contributed by atoms with Gasteiger partial charge >= 0.3 is 5.69 Å². The molecule has 11 heteroatoms. The molecule has 0 aliphatic rings. The molecule has 0 fully saturated rings. The highest BCUT2D eigenvalue weighted by Crippen LogP contribution is 2.29. The van der Waals surface area contributed by atoms with Gasteiger partial charge in [-0.2, -0.15) is 0 Å². The quantitative estimate of drug-likeness (QED) is 0.622. The summed E-state index contributed by atoms with van der Waals surface area (Å²) in [6.07, 6.45) is 1.27. The predicted molar refractivity (Wildman–Crippen MR) is 119 cm³/mol. The number of fused-ring (bicyclic) bond motifs is 1. The van der Waals surface area contributed by atoms with Crippen LogP contribution in [0, 0.1) is 0 Å². The van der Waals surface area contributed by atoms with Gasteiger partial charge in [0.05, 0.1) is 26.7 Å². The number of hydrogen-bond donors (Lipinski definition) is 1. The third kappa shape index (κ3) is 4.33. The van der Waals surface area contributed by atoms with Crippen molar-refractivity contribution in [3.05, 3.63) is 66.9 Å². The summed E-state index contributed by atoms with van der Waals surface area (Å²) in [6, 6.07) is 6.19. The summed E-state index contributed by atoms with van der Waals surface area (Å²) in [5.74, 6) is -0.981. The molecule has 0 aliphatic carbocycles. The van der Waals surface area contributed by atoms with Crippen LogP contribution < -0.4 is 16.6 Å². The lowest BCUT2D eigenvalue weighted by molar-refractivity contribution is -0.116. The molecule has 2 aromatic heterocycles. The van der Waals surface area contributed by atoms with E-state index >= 15 is 0 Å². The molecule has 0 atom stereocenters. The van der Waals surface area contributed by atoms with E-state index in [0.29, 0.717) is 0 Å². The number of nitrogens with zero attached hydrogens (tertiary/aromatic N) is 4. The topological polar surface area (TPSA) is 106 Å². The monoisotopic (exact) mass is 463 g/mol. The predicted octanol–water partition coefficient (Wildman–Crippen LogP) is 2.04. The summed E-state index contributed by atoms with van der Waals surface area (Å²) in [6.45, 7) is 1.68. The average Bonchev–Trinajstić information content (AvgIpc) is 2.76. The first-order chi connectivity index (χ1) is 14.6. The number of carbonyl (C=O) groups excluding carboxylic acids is 2. The number of aromatic nitrogens is 3. The fourth-order valence-corrected chi connectivity index (χ4v) is 3.55. The van der Waals surface area contributed by atoms with E-state index in [-0.39, 0.29) is 45.4 Å². The van der Waals surface area contributed by atoms with Crippen LogP contribution in [-0.4, -0.2) is 43.9 Å². The largest absolute Gasteiger partial charge is 0.332 e.